The van der Waals surface area contributed by atoms with Gasteiger partial charge in [-0.2, -0.15) is 0 Å². The maximum Gasteiger partial charge on any atom is 0.0594 e. The molecule has 0 bridgehead atoms. The maximum absolute atomic E-state index is 5.33. The zero-order valence-electron chi connectivity index (χ0n) is 10.5. The van der Waals surface area contributed by atoms with Gasteiger partial charge in [-0.25, -0.2) is 0 Å². The number of hydrogen-bond donors (Lipinski definition) is 0. The van der Waals surface area contributed by atoms with Crippen LogP contribution in [0.4, 0.5) is 0 Å². The minimum Gasteiger partial charge on any atom is -0.379 e. The molecular formula is C12H26N2O. The summed E-state index contributed by atoms with van der Waals surface area (Å²) in [6.45, 7) is 11.1. The lowest BCUT2D eigenvalue weighted by molar-refractivity contribution is 0.0368. The minimum atomic E-state index is 0.674. The van der Waals surface area contributed by atoms with Crippen molar-refractivity contribution in [2.45, 2.75) is 32.7 Å². The average Bonchev–Trinajstić information content (AvgIpc) is 2.25. The van der Waals surface area contributed by atoms with Crippen LogP contribution in [0.3, 0.4) is 0 Å². The Morgan fingerprint density at radius 3 is 2.47 bits per heavy atom. The van der Waals surface area contributed by atoms with E-state index in [1.807, 2.05) is 0 Å². The lowest BCUT2D eigenvalue weighted by atomic mass is 10.2. The van der Waals surface area contributed by atoms with Gasteiger partial charge in [0.1, 0.15) is 0 Å². The zero-order chi connectivity index (χ0) is 11.1. The lowest BCUT2D eigenvalue weighted by Crippen LogP contribution is -2.37. The van der Waals surface area contributed by atoms with Crippen LogP contribution < -0.4 is 0 Å². The van der Waals surface area contributed by atoms with Crippen LogP contribution in [0, 0.1) is 0 Å². The Hall–Kier alpha value is -0.120. The van der Waals surface area contributed by atoms with Crippen molar-refractivity contribution in [3.8, 4) is 0 Å². The Labute approximate surface area is 94.4 Å². The molecule has 0 aliphatic carbocycles. The van der Waals surface area contributed by atoms with Crippen LogP contribution in [0.15, 0.2) is 0 Å². The van der Waals surface area contributed by atoms with Gasteiger partial charge in [0.25, 0.3) is 0 Å². The number of unbranched alkanes of at least 4 members (excludes halogenated alkanes) is 1. The van der Waals surface area contributed by atoms with Crippen molar-refractivity contribution in [2.24, 2.45) is 0 Å². The van der Waals surface area contributed by atoms with Crippen molar-refractivity contribution in [1.29, 1.82) is 0 Å². The molecule has 3 nitrogen and oxygen atoms in total. The van der Waals surface area contributed by atoms with Gasteiger partial charge >= 0.3 is 0 Å². The number of ether oxygens (including phenoxy) is 1. The summed E-state index contributed by atoms with van der Waals surface area (Å²) >= 11 is 0. The highest BCUT2D eigenvalue weighted by Crippen LogP contribution is 2.02. The molecule has 0 radical (unpaired) electrons. The normalized spacial score (nSPS) is 19.0. The summed E-state index contributed by atoms with van der Waals surface area (Å²) in [5.41, 5.74) is 0. The van der Waals surface area contributed by atoms with Gasteiger partial charge in [0.2, 0.25) is 0 Å². The highest BCUT2D eigenvalue weighted by molar-refractivity contribution is 4.63. The summed E-state index contributed by atoms with van der Waals surface area (Å²) in [6.07, 6.45) is 2.63. The quantitative estimate of drug-likeness (QED) is 0.622. The first-order chi connectivity index (χ1) is 7.20. The van der Waals surface area contributed by atoms with Crippen LogP contribution in [-0.2, 0) is 4.74 Å². The third kappa shape index (κ3) is 5.50. The number of morpholine rings is 1. The molecule has 3 heteroatoms. The SMILES string of the molecule is CC(C)N(C)CCCCN1CCOCC1. The van der Waals surface area contributed by atoms with Crippen molar-refractivity contribution >= 4 is 0 Å². The summed E-state index contributed by atoms with van der Waals surface area (Å²) in [4.78, 5) is 4.93. The first-order valence-corrected chi connectivity index (χ1v) is 6.20. The Morgan fingerprint density at radius 1 is 1.20 bits per heavy atom. The van der Waals surface area contributed by atoms with Crippen molar-refractivity contribution in [1.82, 2.24) is 9.80 Å². The van der Waals surface area contributed by atoms with Gasteiger partial charge in [-0.05, 0) is 46.8 Å². The van der Waals surface area contributed by atoms with Crippen LogP contribution in [0.2, 0.25) is 0 Å². The van der Waals surface area contributed by atoms with Crippen molar-refractivity contribution in [3.05, 3.63) is 0 Å². The highest BCUT2D eigenvalue weighted by Gasteiger charge is 2.09. The standard InChI is InChI=1S/C12H26N2O/c1-12(2)13(3)6-4-5-7-14-8-10-15-11-9-14/h12H,4-11H2,1-3H3. The predicted molar refractivity (Wildman–Crippen MR) is 64.3 cm³/mol. The fourth-order valence-corrected chi connectivity index (χ4v) is 1.78. The van der Waals surface area contributed by atoms with Crippen LogP contribution in [0.5, 0.6) is 0 Å². The van der Waals surface area contributed by atoms with Crippen molar-refractivity contribution < 1.29 is 4.74 Å². The first-order valence-electron chi connectivity index (χ1n) is 6.20. The maximum atomic E-state index is 5.33. The molecule has 0 atom stereocenters. The zero-order valence-corrected chi connectivity index (χ0v) is 10.5. The van der Waals surface area contributed by atoms with E-state index >= 15 is 0 Å². The van der Waals surface area contributed by atoms with Crippen LogP contribution in [0.1, 0.15) is 26.7 Å². The van der Waals surface area contributed by atoms with E-state index in [4.69, 9.17) is 4.74 Å². The van der Waals surface area contributed by atoms with E-state index in [2.05, 4.69) is 30.7 Å². The fraction of sp³-hybridized carbons (Fsp3) is 1.00. The Balaban J connectivity index is 1.96. The molecule has 1 aliphatic rings. The van der Waals surface area contributed by atoms with E-state index in [-0.39, 0.29) is 0 Å². The molecule has 0 spiro atoms. The second-order valence-corrected chi connectivity index (χ2v) is 4.74. The smallest absolute Gasteiger partial charge is 0.0594 e. The summed E-state index contributed by atoms with van der Waals surface area (Å²) in [5, 5.41) is 0. The number of nitrogens with zero attached hydrogens (tertiary/aromatic N) is 2. The van der Waals surface area contributed by atoms with E-state index in [1.54, 1.807) is 0 Å². The van der Waals surface area contributed by atoms with E-state index in [0.29, 0.717) is 6.04 Å². The van der Waals surface area contributed by atoms with Gasteiger partial charge in [0.15, 0.2) is 0 Å². The van der Waals surface area contributed by atoms with Gasteiger partial charge in [-0.1, -0.05) is 0 Å². The van der Waals surface area contributed by atoms with E-state index in [9.17, 15) is 0 Å². The Morgan fingerprint density at radius 2 is 1.87 bits per heavy atom. The van der Waals surface area contributed by atoms with Gasteiger partial charge in [-0.15, -0.1) is 0 Å². The first kappa shape index (κ1) is 12.9. The molecule has 90 valence electrons. The molecule has 1 saturated heterocycles. The Kier molecular flexibility index (Phi) is 6.22. The third-order valence-corrected chi connectivity index (χ3v) is 3.22. The van der Waals surface area contributed by atoms with Gasteiger partial charge in [-0.3, -0.25) is 4.90 Å². The average molecular weight is 214 g/mol. The third-order valence-electron chi connectivity index (χ3n) is 3.22. The van der Waals surface area contributed by atoms with Crippen LogP contribution in [-0.4, -0.2) is 62.3 Å². The van der Waals surface area contributed by atoms with Gasteiger partial charge in [0.05, 0.1) is 13.2 Å². The molecular weight excluding hydrogens is 188 g/mol. The highest BCUT2D eigenvalue weighted by atomic mass is 16.5. The van der Waals surface area contributed by atoms with Crippen molar-refractivity contribution in [2.75, 3.05) is 46.4 Å². The van der Waals surface area contributed by atoms with Gasteiger partial charge in [0, 0.05) is 19.1 Å². The molecule has 1 rings (SSSR count). The lowest BCUT2D eigenvalue weighted by Gasteiger charge is -2.27. The van der Waals surface area contributed by atoms with Crippen LogP contribution >= 0.6 is 0 Å². The predicted octanol–water partition coefficient (Wildman–Crippen LogP) is 1.44. The summed E-state index contributed by atoms with van der Waals surface area (Å²) < 4.78 is 5.33. The van der Waals surface area contributed by atoms with E-state index in [1.165, 1.54) is 25.9 Å². The monoisotopic (exact) mass is 214 g/mol. The van der Waals surface area contributed by atoms with E-state index < -0.39 is 0 Å². The second-order valence-electron chi connectivity index (χ2n) is 4.74. The molecule has 1 aliphatic heterocycles. The summed E-state index contributed by atoms with van der Waals surface area (Å²) in [5.74, 6) is 0. The van der Waals surface area contributed by atoms with Crippen LogP contribution in [0.25, 0.3) is 0 Å². The Bertz CT molecular complexity index is 156. The molecule has 0 amide bonds. The molecule has 0 N–H and O–H groups in total. The summed E-state index contributed by atoms with van der Waals surface area (Å²) in [6, 6.07) is 0.674. The second kappa shape index (κ2) is 7.20. The molecule has 0 aromatic heterocycles. The summed E-state index contributed by atoms with van der Waals surface area (Å²) in [7, 11) is 2.21. The molecule has 1 heterocycles. The number of hydrogen-bond acceptors (Lipinski definition) is 3. The molecule has 1 fully saturated rings. The largest absolute Gasteiger partial charge is 0.379 e. The molecule has 15 heavy (non-hydrogen) atoms. The topological polar surface area (TPSA) is 15.7 Å². The minimum absolute atomic E-state index is 0.674. The van der Waals surface area contributed by atoms with E-state index in [0.717, 1.165) is 26.3 Å². The molecule has 0 aromatic rings. The van der Waals surface area contributed by atoms with Gasteiger partial charge < -0.3 is 9.64 Å². The number of rotatable bonds is 6. The molecule has 0 saturated carbocycles. The molecule has 0 aromatic carbocycles. The fourth-order valence-electron chi connectivity index (χ4n) is 1.78. The molecule has 0 unspecified atom stereocenters. The van der Waals surface area contributed by atoms with Crippen molar-refractivity contribution in [3.63, 3.8) is 0 Å².